The highest BCUT2D eigenvalue weighted by molar-refractivity contribution is 6.06. The van der Waals surface area contributed by atoms with E-state index in [-0.39, 0.29) is 5.91 Å². The average Bonchev–Trinajstić information content (AvgIpc) is 2.54. The van der Waals surface area contributed by atoms with Crippen LogP contribution >= 0.6 is 0 Å². The van der Waals surface area contributed by atoms with Crippen LogP contribution in [-0.4, -0.2) is 12.5 Å². The molecule has 0 spiro atoms. The molecule has 0 bridgehead atoms. The smallest absolute Gasteiger partial charge is 0.258 e. The van der Waals surface area contributed by atoms with Crippen LogP contribution < -0.4 is 4.90 Å². The van der Waals surface area contributed by atoms with Crippen LogP contribution in [-0.2, 0) is 0 Å². The molecule has 1 heterocycles. The third-order valence-electron chi connectivity index (χ3n) is 3.66. The Morgan fingerprint density at radius 1 is 1.19 bits per heavy atom. The quantitative estimate of drug-likeness (QED) is 0.790. The molecule has 2 aromatic rings. The number of hydrogen-bond acceptors (Lipinski definition) is 3. The molecule has 5 heteroatoms. The number of carbonyl (C=O) groups is 1. The predicted molar refractivity (Wildman–Crippen MR) is 77.7 cm³/mol. The van der Waals surface area contributed by atoms with Gasteiger partial charge in [0, 0.05) is 23.4 Å². The summed E-state index contributed by atoms with van der Waals surface area (Å²) in [5, 5.41) is 3.04. The summed E-state index contributed by atoms with van der Waals surface area (Å²) >= 11 is 0. The summed E-state index contributed by atoms with van der Waals surface area (Å²) in [7, 11) is 0. The molecule has 0 saturated carbocycles. The fourth-order valence-electron chi connectivity index (χ4n) is 2.62. The van der Waals surface area contributed by atoms with Crippen LogP contribution in [0.3, 0.4) is 0 Å². The van der Waals surface area contributed by atoms with Crippen molar-refractivity contribution in [2.24, 2.45) is 5.18 Å². The van der Waals surface area contributed by atoms with E-state index in [0.29, 0.717) is 29.8 Å². The molecule has 1 unspecified atom stereocenters. The van der Waals surface area contributed by atoms with Gasteiger partial charge in [-0.2, -0.15) is 4.91 Å². The van der Waals surface area contributed by atoms with Gasteiger partial charge in [-0.05, 0) is 36.8 Å². The third kappa shape index (κ3) is 2.42. The first kappa shape index (κ1) is 13.4. The normalized spacial score (nSPS) is 17.2. The van der Waals surface area contributed by atoms with E-state index in [1.165, 1.54) is 18.2 Å². The fraction of sp³-hybridized carbons (Fsp3) is 0.188. The fourth-order valence-corrected chi connectivity index (χ4v) is 2.62. The van der Waals surface area contributed by atoms with Crippen molar-refractivity contribution in [2.75, 3.05) is 11.4 Å². The van der Waals surface area contributed by atoms with E-state index in [2.05, 4.69) is 5.18 Å². The number of nitrogens with zero attached hydrogens (tertiary/aromatic N) is 2. The number of carbonyl (C=O) groups excluding carboxylic acids is 1. The van der Waals surface area contributed by atoms with E-state index in [4.69, 9.17) is 0 Å². The highest BCUT2D eigenvalue weighted by Crippen LogP contribution is 2.37. The molecule has 0 N–H and O–H groups in total. The lowest BCUT2D eigenvalue weighted by Gasteiger charge is -2.31. The van der Waals surface area contributed by atoms with Gasteiger partial charge in [-0.1, -0.05) is 23.4 Å². The lowest BCUT2D eigenvalue weighted by molar-refractivity contribution is 0.0984. The van der Waals surface area contributed by atoms with Gasteiger partial charge in [0.05, 0.1) is 0 Å². The van der Waals surface area contributed by atoms with E-state index in [0.717, 1.165) is 0 Å². The second kappa shape index (κ2) is 5.44. The highest BCUT2D eigenvalue weighted by Gasteiger charge is 2.30. The van der Waals surface area contributed by atoms with Gasteiger partial charge in [-0.3, -0.25) is 4.79 Å². The van der Waals surface area contributed by atoms with E-state index in [9.17, 15) is 14.1 Å². The number of rotatable bonds is 2. The Morgan fingerprint density at radius 3 is 2.67 bits per heavy atom. The van der Waals surface area contributed by atoms with Gasteiger partial charge in [-0.25, -0.2) is 4.39 Å². The van der Waals surface area contributed by atoms with Crippen molar-refractivity contribution in [1.82, 2.24) is 0 Å². The number of amides is 1. The Morgan fingerprint density at radius 2 is 1.95 bits per heavy atom. The molecule has 1 aliphatic rings. The number of anilines is 1. The van der Waals surface area contributed by atoms with Crippen molar-refractivity contribution in [3.63, 3.8) is 0 Å². The molecule has 3 rings (SSSR count). The predicted octanol–water partition coefficient (Wildman–Crippen LogP) is 3.68. The van der Waals surface area contributed by atoms with Gasteiger partial charge >= 0.3 is 0 Å². The summed E-state index contributed by atoms with van der Waals surface area (Å²) in [5.41, 5.74) is 1.59. The maximum Gasteiger partial charge on any atom is 0.258 e. The summed E-state index contributed by atoms with van der Waals surface area (Å²) in [6.45, 7) is 0.392. The first-order valence-electron chi connectivity index (χ1n) is 6.69. The Balaban J connectivity index is 2.02. The Hall–Kier alpha value is -2.56. The SMILES string of the molecule is O=NC1CCN(C(=O)c2ccccc2)c2ccc(F)cc21. The second-order valence-electron chi connectivity index (χ2n) is 4.94. The highest BCUT2D eigenvalue weighted by atomic mass is 19.1. The van der Waals surface area contributed by atoms with Gasteiger partial charge in [0.25, 0.3) is 5.91 Å². The van der Waals surface area contributed by atoms with Crippen molar-refractivity contribution in [3.05, 3.63) is 70.4 Å². The van der Waals surface area contributed by atoms with Crippen LogP contribution in [0.4, 0.5) is 10.1 Å². The Bertz CT molecular complexity index is 688. The van der Waals surface area contributed by atoms with E-state index in [1.807, 2.05) is 6.07 Å². The standard InChI is InChI=1S/C16H13FN2O2/c17-12-6-7-15-13(10-12)14(18-21)8-9-19(15)16(20)11-4-2-1-3-5-11/h1-7,10,14H,8-9H2. The molecule has 106 valence electrons. The zero-order valence-electron chi connectivity index (χ0n) is 11.2. The van der Waals surface area contributed by atoms with Crippen LogP contribution in [0, 0.1) is 10.7 Å². The van der Waals surface area contributed by atoms with E-state index in [1.54, 1.807) is 29.2 Å². The molecule has 2 aromatic carbocycles. The molecule has 0 aliphatic carbocycles. The third-order valence-corrected chi connectivity index (χ3v) is 3.66. The van der Waals surface area contributed by atoms with Crippen molar-refractivity contribution in [1.29, 1.82) is 0 Å². The summed E-state index contributed by atoms with van der Waals surface area (Å²) in [5.74, 6) is -0.593. The molecule has 0 fully saturated rings. The van der Waals surface area contributed by atoms with Crippen LogP contribution in [0.2, 0.25) is 0 Å². The van der Waals surface area contributed by atoms with Crippen LogP contribution in [0.25, 0.3) is 0 Å². The van der Waals surface area contributed by atoms with Crippen LogP contribution in [0.15, 0.2) is 53.7 Å². The van der Waals surface area contributed by atoms with Crippen molar-refractivity contribution >= 4 is 11.6 Å². The number of benzene rings is 2. The van der Waals surface area contributed by atoms with E-state index < -0.39 is 11.9 Å². The van der Waals surface area contributed by atoms with Crippen molar-refractivity contribution in [3.8, 4) is 0 Å². The summed E-state index contributed by atoms with van der Waals surface area (Å²) in [4.78, 5) is 25.0. The molecule has 0 aromatic heterocycles. The maximum absolute atomic E-state index is 13.4. The molecule has 21 heavy (non-hydrogen) atoms. The van der Waals surface area contributed by atoms with Gasteiger partial charge in [-0.15, -0.1) is 0 Å². The molecule has 0 saturated heterocycles. The number of nitroso groups, excluding NO2 is 1. The Labute approximate surface area is 121 Å². The molecule has 1 atom stereocenters. The molecule has 4 nitrogen and oxygen atoms in total. The zero-order valence-corrected chi connectivity index (χ0v) is 11.2. The van der Waals surface area contributed by atoms with E-state index >= 15 is 0 Å². The molecule has 1 aliphatic heterocycles. The van der Waals surface area contributed by atoms with Gasteiger partial charge in [0.15, 0.2) is 0 Å². The number of halogens is 1. The topological polar surface area (TPSA) is 49.7 Å². The van der Waals surface area contributed by atoms with Gasteiger partial charge in [0.1, 0.15) is 11.9 Å². The first-order valence-corrected chi connectivity index (χ1v) is 6.69. The summed E-state index contributed by atoms with van der Waals surface area (Å²) in [6.07, 6.45) is 0.401. The van der Waals surface area contributed by atoms with Crippen LogP contribution in [0.1, 0.15) is 28.4 Å². The lowest BCUT2D eigenvalue weighted by Crippen LogP contribution is -2.36. The molecular formula is C16H13FN2O2. The van der Waals surface area contributed by atoms with Crippen molar-refractivity contribution < 1.29 is 9.18 Å². The Kier molecular flexibility index (Phi) is 3.48. The molecule has 1 amide bonds. The van der Waals surface area contributed by atoms with Crippen molar-refractivity contribution in [2.45, 2.75) is 12.5 Å². The molecular weight excluding hydrogens is 271 g/mol. The van der Waals surface area contributed by atoms with Crippen LogP contribution in [0.5, 0.6) is 0 Å². The summed E-state index contributed by atoms with van der Waals surface area (Å²) < 4.78 is 13.4. The largest absolute Gasteiger partial charge is 0.308 e. The second-order valence-corrected chi connectivity index (χ2v) is 4.94. The molecule has 0 radical (unpaired) electrons. The first-order chi connectivity index (χ1) is 10.2. The van der Waals surface area contributed by atoms with Gasteiger partial charge < -0.3 is 4.90 Å². The van der Waals surface area contributed by atoms with Gasteiger partial charge in [0.2, 0.25) is 0 Å². The number of fused-ring (bicyclic) bond motifs is 1. The minimum atomic E-state index is -0.601. The number of hydrogen-bond donors (Lipinski definition) is 0. The minimum absolute atomic E-state index is 0.159. The monoisotopic (exact) mass is 284 g/mol. The zero-order chi connectivity index (χ0) is 14.8. The summed E-state index contributed by atoms with van der Waals surface area (Å²) in [6, 6.07) is 12.4. The minimum Gasteiger partial charge on any atom is -0.308 e. The average molecular weight is 284 g/mol. The lowest BCUT2D eigenvalue weighted by atomic mass is 9.96. The maximum atomic E-state index is 13.4.